The van der Waals surface area contributed by atoms with Crippen LogP contribution in [0.25, 0.3) is 10.9 Å². The lowest BCUT2D eigenvalue weighted by atomic mass is 9.89. The van der Waals surface area contributed by atoms with E-state index in [2.05, 4.69) is 10.3 Å². The van der Waals surface area contributed by atoms with Gasteiger partial charge in [-0.3, -0.25) is 4.79 Å². The van der Waals surface area contributed by atoms with E-state index in [1.54, 1.807) is 13.3 Å². The van der Waals surface area contributed by atoms with Crippen molar-refractivity contribution in [3.63, 3.8) is 0 Å². The fraction of sp³-hybridized carbons (Fsp3) is 0.471. The van der Waals surface area contributed by atoms with E-state index in [1.807, 2.05) is 18.2 Å². The third-order valence-corrected chi connectivity index (χ3v) is 4.42. The number of aromatic amines is 1. The lowest BCUT2D eigenvalue weighted by molar-refractivity contribution is 0.0945. The largest absolute Gasteiger partial charge is 0.495 e. The maximum Gasteiger partial charge on any atom is 0.253 e. The van der Waals surface area contributed by atoms with E-state index in [9.17, 15) is 4.79 Å². The van der Waals surface area contributed by atoms with Gasteiger partial charge in [0.15, 0.2) is 0 Å². The van der Waals surface area contributed by atoms with Crippen molar-refractivity contribution in [2.45, 2.75) is 32.1 Å². The van der Waals surface area contributed by atoms with E-state index in [4.69, 9.17) is 4.74 Å². The smallest absolute Gasteiger partial charge is 0.253 e. The van der Waals surface area contributed by atoms with E-state index in [-0.39, 0.29) is 5.91 Å². The third kappa shape index (κ3) is 2.89. The van der Waals surface area contributed by atoms with Gasteiger partial charge in [-0.05, 0) is 24.8 Å². The number of nitrogens with one attached hydrogen (secondary N) is 2. The summed E-state index contributed by atoms with van der Waals surface area (Å²) in [6.45, 7) is 0.787. The summed E-state index contributed by atoms with van der Waals surface area (Å²) in [5.41, 5.74) is 1.57. The second-order valence-electron chi connectivity index (χ2n) is 5.80. The summed E-state index contributed by atoms with van der Waals surface area (Å²) < 4.78 is 5.31. The van der Waals surface area contributed by atoms with Gasteiger partial charge >= 0.3 is 0 Å². The van der Waals surface area contributed by atoms with Crippen LogP contribution in [0.3, 0.4) is 0 Å². The van der Waals surface area contributed by atoms with Gasteiger partial charge in [-0.25, -0.2) is 0 Å². The van der Waals surface area contributed by atoms with Crippen molar-refractivity contribution in [2.75, 3.05) is 13.7 Å². The molecule has 0 atom stereocenters. The van der Waals surface area contributed by atoms with Crippen LogP contribution < -0.4 is 10.1 Å². The van der Waals surface area contributed by atoms with Crippen molar-refractivity contribution >= 4 is 16.8 Å². The SMILES string of the molecule is COc1cccc2c(C(=O)NCC3CCCCC3)c[nH]c12. The number of carbonyl (C=O) groups excluding carboxylic acids is 1. The van der Waals surface area contributed by atoms with Crippen molar-refractivity contribution in [1.82, 2.24) is 10.3 Å². The number of methoxy groups -OCH3 is 1. The van der Waals surface area contributed by atoms with E-state index >= 15 is 0 Å². The maximum absolute atomic E-state index is 12.4. The summed E-state index contributed by atoms with van der Waals surface area (Å²) >= 11 is 0. The molecule has 4 heteroatoms. The van der Waals surface area contributed by atoms with Crippen LogP contribution >= 0.6 is 0 Å². The minimum atomic E-state index is 0.0000709. The van der Waals surface area contributed by atoms with Gasteiger partial charge in [0.25, 0.3) is 5.91 Å². The van der Waals surface area contributed by atoms with Gasteiger partial charge in [0.2, 0.25) is 0 Å². The fourth-order valence-corrected chi connectivity index (χ4v) is 3.21. The van der Waals surface area contributed by atoms with Crippen LogP contribution in [-0.2, 0) is 0 Å². The van der Waals surface area contributed by atoms with Gasteiger partial charge in [-0.1, -0.05) is 31.4 Å². The second kappa shape index (κ2) is 6.20. The average molecular weight is 286 g/mol. The van der Waals surface area contributed by atoms with Gasteiger partial charge in [-0.2, -0.15) is 0 Å². The van der Waals surface area contributed by atoms with Crippen LogP contribution in [-0.4, -0.2) is 24.5 Å². The minimum Gasteiger partial charge on any atom is -0.495 e. The third-order valence-electron chi connectivity index (χ3n) is 4.42. The standard InChI is InChI=1S/C17H22N2O2/c1-21-15-9-5-8-13-14(11-18-16(13)15)17(20)19-10-12-6-3-2-4-7-12/h5,8-9,11-12,18H,2-4,6-7,10H2,1H3,(H,19,20). The lowest BCUT2D eigenvalue weighted by Gasteiger charge is -2.21. The Labute approximate surface area is 124 Å². The zero-order valence-electron chi connectivity index (χ0n) is 12.4. The molecular weight excluding hydrogens is 264 g/mol. The average Bonchev–Trinajstić information content (AvgIpc) is 2.97. The molecule has 1 aliphatic carbocycles. The Morgan fingerprint density at radius 1 is 1.33 bits per heavy atom. The Balaban J connectivity index is 1.72. The zero-order chi connectivity index (χ0) is 14.7. The first-order chi connectivity index (χ1) is 10.3. The highest BCUT2D eigenvalue weighted by Crippen LogP contribution is 2.27. The van der Waals surface area contributed by atoms with Gasteiger partial charge in [-0.15, -0.1) is 0 Å². The first-order valence-corrected chi connectivity index (χ1v) is 7.72. The molecule has 1 aliphatic rings. The Bertz CT molecular complexity index is 627. The molecule has 112 valence electrons. The van der Waals surface area contributed by atoms with Crippen LogP contribution in [0.5, 0.6) is 5.75 Å². The van der Waals surface area contributed by atoms with Crippen LogP contribution in [0.2, 0.25) is 0 Å². The number of hydrogen-bond acceptors (Lipinski definition) is 2. The molecule has 0 radical (unpaired) electrons. The maximum atomic E-state index is 12.4. The molecule has 1 saturated carbocycles. The summed E-state index contributed by atoms with van der Waals surface area (Å²) in [5, 5.41) is 4.00. The zero-order valence-corrected chi connectivity index (χ0v) is 12.4. The van der Waals surface area contributed by atoms with Crippen LogP contribution in [0.1, 0.15) is 42.5 Å². The van der Waals surface area contributed by atoms with E-state index in [0.717, 1.165) is 23.2 Å². The highest BCUT2D eigenvalue weighted by Gasteiger charge is 2.17. The Morgan fingerprint density at radius 2 is 2.14 bits per heavy atom. The molecule has 4 nitrogen and oxygen atoms in total. The molecule has 1 aromatic heterocycles. The quantitative estimate of drug-likeness (QED) is 0.904. The molecule has 1 heterocycles. The number of para-hydroxylation sites is 1. The number of rotatable bonds is 4. The van der Waals surface area contributed by atoms with E-state index in [1.165, 1.54) is 32.1 Å². The molecule has 0 saturated heterocycles. The molecule has 0 spiro atoms. The van der Waals surface area contributed by atoms with Crippen LogP contribution in [0, 0.1) is 5.92 Å². The van der Waals surface area contributed by atoms with Crippen molar-refractivity contribution in [3.05, 3.63) is 30.0 Å². The lowest BCUT2D eigenvalue weighted by Crippen LogP contribution is -2.30. The van der Waals surface area contributed by atoms with Crippen LogP contribution in [0.4, 0.5) is 0 Å². The number of benzene rings is 1. The number of fused-ring (bicyclic) bond motifs is 1. The number of H-pyrrole nitrogens is 1. The number of carbonyl (C=O) groups is 1. The number of ether oxygens (including phenoxy) is 1. The molecule has 1 aromatic carbocycles. The highest BCUT2D eigenvalue weighted by atomic mass is 16.5. The normalized spacial score (nSPS) is 16.0. The van der Waals surface area contributed by atoms with Gasteiger partial charge in [0.05, 0.1) is 18.2 Å². The summed E-state index contributed by atoms with van der Waals surface area (Å²) in [4.78, 5) is 15.5. The Hall–Kier alpha value is -1.97. The molecule has 2 N–H and O–H groups in total. The van der Waals surface area contributed by atoms with Gasteiger partial charge in [0.1, 0.15) is 5.75 Å². The highest BCUT2D eigenvalue weighted by molar-refractivity contribution is 6.07. The monoisotopic (exact) mass is 286 g/mol. The summed E-state index contributed by atoms with van der Waals surface area (Å²) in [6, 6.07) is 5.75. The predicted octanol–water partition coefficient (Wildman–Crippen LogP) is 3.49. The summed E-state index contributed by atoms with van der Waals surface area (Å²) in [7, 11) is 1.64. The first kappa shape index (κ1) is 14.0. The molecule has 3 rings (SSSR count). The van der Waals surface area contributed by atoms with Crippen molar-refractivity contribution in [1.29, 1.82) is 0 Å². The van der Waals surface area contributed by atoms with Crippen molar-refractivity contribution in [3.8, 4) is 5.75 Å². The fourth-order valence-electron chi connectivity index (χ4n) is 3.21. The van der Waals surface area contributed by atoms with Crippen molar-refractivity contribution < 1.29 is 9.53 Å². The number of amides is 1. The minimum absolute atomic E-state index is 0.0000709. The van der Waals surface area contributed by atoms with E-state index in [0.29, 0.717) is 11.5 Å². The molecule has 1 amide bonds. The Morgan fingerprint density at radius 3 is 2.90 bits per heavy atom. The summed E-state index contributed by atoms with van der Waals surface area (Å²) in [5.74, 6) is 1.40. The number of hydrogen-bond donors (Lipinski definition) is 2. The predicted molar refractivity (Wildman–Crippen MR) is 83.8 cm³/mol. The molecule has 0 bridgehead atoms. The molecule has 21 heavy (non-hydrogen) atoms. The second-order valence-corrected chi connectivity index (χ2v) is 5.80. The number of aromatic nitrogens is 1. The molecule has 0 aliphatic heterocycles. The molecule has 1 fully saturated rings. The van der Waals surface area contributed by atoms with Crippen molar-refractivity contribution in [2.24, 2.45) is 5.92 Å². The Kier molecular flexibility index (Phi) is 4.13. The molecule has 2 aromatic rings. The van der Waals surface area contributed by atoms with Gasteiger partial charge in [0, 0.05) is 18.1 Å². The van der Waals surface area contributed by atoms with Gasteiger partial charge < -0.3 is 15.0 Å². The summed E-state index contributed by atoms with van der Waals surface area (Å²) in [6.07, 6.45) is 8.18. The topological polar surface area (TPSA) is 54.1 Å². The first-order valence-electron chi connectivity index (χ1n) is 7.72. The van der Waals surface area contributed by atoms with Crippen LogP contribution in [0.15, 0.2) is 24.4 Å². The molecule has 0 unspecified atom stereocenters. The molecular formula is C17H22N2O2. The van der Waals surface area contributed by atoms with E-state index < -0.39 is 0 Å².